The van der Waals surface area contributed by atoms with Crippen molar-refractivity contribution in [2.24, 2.45) is 5.92 Å². The maximum atomic E-state index is 15.1. The summed E-state index contributed by atoms with van der Waals surface area (Å²) in [4.78, 5) is 15.0. The van der Waals surface area contributed by atoms with E-state index in [2.05, 4.69) is 11.8 Å². The van der Waals surface area contributed by atoms with Crippen LogP contribution in [-0.2, 0) is 4.74 Å². The molecule has 4 nitrogen and oxygen atoms in total. The van der Waals surface area contributed by atoms with Crippen molar-refractivity contribution in [3.05, 3.63) is 63.7 Å². The van der Waals surface area contributed by atoms with Gasteiger partial charge in [0.2, 0.25) is 0 Å². The summed E-state index contributed by atoms with van der Waals surface area (Å²) in [6.45, 7) is 8.32. The van der Waals surface area contributed by atoms with E-state index in [9.17, 15) is 9.18 Å². The quantitative estimate of drug-likeness (QED) is 0.396. The number of carbonyl (C=O) groups is 1. The largest absolute Gasteiger partial charge is 0.488 e. The third-order valence-corrected chi connectivity index (χ3v) is 7.72. The standard InChI is InChI=1S/C28H32ClF2NO3/c1-15(19-8-7-18(30)11-22(19)29)32-14-16-9-24(32)26(10-16)34-25-13-23(31)21(12-20(25)17-5-6-17)27(33)35-28(2,3)4/h7-8,11-13,15-17,24,26H,5-6,9-10,14H2,1-4H3/t15-,16-,24+,26+/m0/s1. The van der Waals surface area contributed by atoms with Gasteiger partial charge in [-0.25, -0.2) is 13.6 Å². The molecule has 2 saturated carbocycles. The number of hydrogen-bond acceptors (Lipinski definition) is 4. The number of hydrogen-bond donors (Lipinski definition) is 0. The Morgan fingerprint density at radius 3 is 2.51 bits per heavy atom. The molecule has 0 aromatic heterocycles. The summed E-state index contributed by atoms with van der Waals surface area (Å²) >= 11 is 6.35. The van der Waals surface area contributed by atoms with E-state index < -0.39 is 17.4 Å². The smallest absolute Gasteiger partial charge is 0.341 e. The average Bonchev–Trinajstić information content (AvgIpc) is 3.41. The lowest BCUT2D eigenvalue weighted by atomic mass is 10.0. The van der Waals surface area contributed by atoms with Gasteiger partial charge in [-0.2, -0.15) is 0 Å². The maximum Gasteiger partial charge on any atom is 0.341 e. The lowest BCUT2D eigenvalue weighted by Gasteiger charge is -2.38. The molecule has 7 heteroatoms. The molecule has 4 atom stereocenters. The van der Waals surface area contributed by atoms with Crippen LogP contribution in [0.15, 0.2) is 30.3 Å². The van der Waals surface area contributed by atoms with Gasteiger partial charge in [0.15, 0.2) is 0 Å². The number of rotatable bonds is 6. The minimum absolute atomic E-state index is 0.0127. The molecular weight excluding hydrogens is 472 g/mol. The fourth-order valence-corrected chi connectivity index (χ4v) is 5.96. The van der Waals surface area contributed by atoms with Crippen LogP contribution in [0.2, 0.25) is 5.02 Å². The van der Waals surface area contributed by atoms with Gasteiger partial charge < -0.3 is 9.47 Å². The van der Waals surface area contributed by atoms with Crippen molar-refractivity contribution < 1.29 is 23.0 Å². The molecule has 5 rings (SSSR count). The van der Waals surface area contributed by atoms with Crippen LogP contribution in [0, 0.1) is 17.6 Å². The molecule has 0 N–H and O–H groups in total. The zero-order valence-electron chi connectivity index (χ0n) is 20.6. The Labute approximate surface area is 210 Å². The molecule has 2 bridgehead atoms. The molecule has 1 aliphatic heterocycles. The van der Waals surface area contributed by atoms with Crippen LogP contribution in [0.1, 0.15) is 86.8 Å². The molecule has 35 heavy (non-hydrogen) atoms. The second-order valence-corrected chi connectivity index (χ2v) is 11.7. The second-order valence-electron chi connectivity index (χ2n) is 11.2. The number of nitrogens with zero attached hydrogens (tertiary/aromatic N) is 1. The van der Waals surface area contributed by atoms with Gasteiger partial charge in [-0.15, -0.1) is 0 Å². The Bertz CT molecular complexity index is 1140. The third-order valence-electron chi connectivity index (χ3n) is 7.39. The Hall–Kier alpha value is -2.18. The summed E-state index contributed by atoms with van der Waals surface area (Å²) in [5.41, 5.74) is 1.04. The first-order valence-electron chi connectivity index (χ1n) is 12.4. The van der Waals surface area contributed by atoms with E-state index in [1.165, 1.54) is 18.2 Å². The molecule has 2 aliphatic carbocycles. The van der Waals surface area contributed by atoms with Crippen LogP contribution >= 0.6 is 11.6 Å². The fraction of sp³-hybridized carbons (Fsp3) is 0.536. The first kappa shape index (κ1) is 24.5. The first-order valence-corrected chi connectivity index (χ1v) is 12.8. The lowest BCUT2D eigenvalue weighted by molar-refractivity contribution is 0.00643. The number of halogens is 3. The third kappa shape index (κ3) is 5.05. The molecule has 3 fully saturated rings. The van der Waals surface area contributed by atoms with Crippen LogP contribution in [-0.4, -0.2) is 35.2 Å². The molecule has 188 valence electrons. The summed E-state index contributed by atoms with van der Waals surface area (Å²) in [6, 6.07) is 7.71. The van der Waals surface area contributed by atoms with Crippen molar-refractivity contribution in [3.8, 4) is 5.75 Å². The Balaban J connectivity index is 1.37. The number of benzene rings is 2. The highest BCUT2D eigenvalue weighted by atomic mass is 35.5. The summed E-state index contributed by atoms with van der Waals surface area (Å²) in [6.07, 6.45) is 3.83. The van der Waals surface area contributed by atoms with E-state index in [1.807, 2.05) is 0 Å². The van der Waals surface area contributed by atoms with Crippen molar-refractivity contribution in [2.75, 3.05) is 6.54 Å². The average molecular weight is 504 g/mol. The summed E-state index contributed by atoms with van der Waals surface area (Å²) in [5, 5.41) is 0.425. The molecule has 0 unspecified atom stereocenters. The molecular formula is C28H32ClF2NO3. The molecule has 0 radical (unpaired) electrons. The van der Waals surface area contributed by atoms with E-state index in [-0.39, 0.29) is 35.5 Å². The van der Waals surface area contributed by atoms with Gasteiger partial charge in [-0.1, -0.05) is 17.7 Å². The van der Waals surface area contributed by atoms with Gasteiger partial charge in [0.05, 0.1) is 5.56 Å². The van der Waals surface area contributed by atoms with Gasteiger partial charge >= 0.3 is 5.97 Å². The SMILES string of the molecule is C[C@@H](c1ccc(F)cc1Cl)N1C[C@H]2C[C@@H]1[C@H](Oc1cc(F)c(C(=O)OC(C)(C)C)cc1C1CC1)C2. The van der Waals surface area contributed by atoms with E-state index in [1.54, 1.807) is 32.9 Å². The monoisotopic (exact) mass is 503 g/mol. The Kier molecular flexibility index (Phi) is 6.33. The van der Waals surface area contributed by atoms with Crippen LogP contribution < -0.4 is 4.74 Å². The van der Waals surface area contributed by atoms with Gasteiger partial charge in [-0.05, 0) is 94.5 Å². The summed E-state index contributed by atoms with van der Waals surface area (Å²) < 4.78 is 40.5. The normalized spacial score (nSPS) is 25.1. The minimum Gasteiger partial charge on any atom is -0.488 e. The fourth-order valence-electron chi connectivity index (χ4n) is 5.64. The second kappa shape index (κ2) is 9.04. The topological polar surface area (TPSA) is 38.8 Å². The molecule has 3 aliphatic rings. The molecule has 2 aromatic carbocycles. The van der Waals surface area contributed by atoms with Crippen LogP contribution in [0.4, 0.5) is 8.78 Å². The predicted octanol–water partition coefficient (Wildman–Crippen LogP) is 7.05. The molecule has 1 heterocycles. The van der Waals surface area contributed by atoms with E-state index in [0.29, 0.717) is 16.7 Å². The van der Waals surface area contributed by atoms with Crippen molar-refractivity contribution in [1.82, 2.24) is 4.90 Å². The number of fused-ring (bicyclic) bond motifs is 2. The van der Waals surface area contributed by atoms with Gasteiger partial charge in [0.1, 0.15) is 29.1 Å². The molecule has 1 saturated heterocycles. The lowest BCUT2D eigenvalue weighted by Crippen LogP contribution is -2.45. The van der Waals surface area contributed by atoms with Crippen molar-refractivity contribution in [3.63, 3.8) is 0 Å². The van der Waals surface area contributed by atoms with Crippen LogP contribution in [0.3, 0.4) is 0 Å². The zero-order valence-corrected chi connectivity index (χ0v) is 21.4. The molecule has 2 aromatic rings. The number of ether oxygens (including phenoxy) is 2. The molecule has 0 amide bonds. The first-order chi connectivity index (χ1) is 16.5. The number of likely N-dealkylation sites (tertiary alicyclic amines) is 1. The highest BCUT2D eigenvalue weighted by molar-refractivity contribution is 6.31. The van der Waals surface area contributed by atoms with Crippen molar-refractivity contribution in [1.29, 1.82) is 0 Å². The van der Waals surface area contributed by atoms with E-state index >= 15 is 4.39 Å². The Morgan fingerprint density at radius 2 is 1.89 bits per heavy atom. The number of piperidine rings is 1. The van der Waals surface area contributed by atoms with Crippen molar-refractivity contribution >= 4 is 17.6 Å². The highest BCUT2D eigenvalue weighted by Gasteiger charge is 2.48. The van der Waals surface area contributed by atoms with Gasteiger partial charge in [0, 0.05) is 29.7 Å². The predicted molar refractivity (Wildman–Crippen MR) is 131 cm³/mol. The van der Waals surface area contributed by atoms with E-state index in [4.69, 9.17) is 21.1 Å². The van der Waals surface area contributed by atoms with Crippen LogP contribution in [0.5, 0.6) is 5.75 Å². The van der Waals surface area contributed by atoms with E-state index in [0.717, 1.165) is 43.4 Å². The summed E-state index contributed by atoms with van der Waals surface area (Å²) in [7, 11) is 0. The summed E-state index contributed by atoms with van der Waals surface area (Å²) in [5.74, 6) is -0.327. The van der Waals surface area contributed by atoms with Gasteiger partial charge in [-0.3, -0.25) is 4.90 Å². The maximum absolute atomic E-state index is 15.1. The number of esters is 1. The number of carbonyl (C=O) groups excluding carboxylic acids is 1. The van der Waals surface area contributed by atoms with Crippen LogP contribution in [0.25, 0.3) is 0 Å². The highest BCUT2D eigenvalue weighted by Crippen LogP contribution is 2.48. The zero-order chi connectivity index (χ0) is 25.1. The Morgan fingerprint density at radius 1 is 1.14 bits per heavy atom. The van der Waals surface area contributed by atoms with Gasteiger partial charge in [0.25, 0.3) is 0 Å². The molecule has 0 spiro atoms. The minimum atomic E-state index is -0.699. The van der Waals surface area contributed by atoms with Crippen molar-refractivity contribution in [2.45, 2.75) is 83.1 Å².